The molecule has 0 atom stereocenters. The molecule has 0 aliphatic carbocycles. The van der Waals surface area contributed by atoms with Crippen LogP contribution in [0.4, 0.5) is 5.69 Å². The third-order valence-corrected chi connectivity index (χ3v) is 2.33. The van der Waals surface area contributed by atoms with Crippen LogP contribution >= 0.6 is 0 Å². The molecule has 1 aromatic rings. The Morgan fingerprint density at radius 3 is 2.53 bits per heavy atom. The van der Waals surface area contributed by atoms with Crippen LogP contribution in [0.3, 0.4) is 0 Å². The molecule has 0 unspecified atom stereocenters. The first-order chi connectivity index (χ1) is 6.77. The van der Waals surface area contributed by atoms with E-state index in [-0.39, 0.29) is 19.9 Å². The molecule has 0 bridgehead atoms. The normalized spacial score (nSPS) is 16.1. The molecule has 3 nitrogen and oxygen atoms in total. The molecule has 1 fully saturated rings. The second-order valence-electron chi connectivity index (χ2n) is 3.43. The fourth-order valence-electron chi connectivity index (χ4n) is 1.52. The summed E-state index contributed by atoms with van der Waals surface area (Å²) < 4.78 is 5.07. The van der Waals surface area contributed by atoms with Crippen molar-refractivity contribution in [3.63, 3.8) is 0 Å². The van der Waals surface area contributed by atoms with Gasteiger partial charge in [-0.3, -0.25) is 4.79 Å². The Morgan fingerprint density at radius 2 is 1.93 bits per heavy atom. The highest BCUT2D eigenvalue weighted by atomic mass is 16.5. The first-order valence-electron chi connectivity index (χ1n) is 4.72. The van der Waals surface area contributed by atoms with Crippen LogP contribution in [0.1, 0.15) is 13.0 Å². The molecule has 1 heterocycles. The minimum atomic E-state index is 0. The van der Waals surface area contributed by atoms with Gasteiger partial charge in [0.1, 0.15) is 6.61 Å². The zero-order valence-electron chi connectivity index (χ0n) is 8.19. The van der Waals surface area contributed by atoms with Crippen molar-refractivity contribution in [2.24, 2.45) is 0 Å². The van der Waals surface area contributed by atoms with Gasteiger partial charge in [-0.1, -0.05) is 25.1 Å². The summed E-state index contributed by atoms with van der Waals surface area (Å²) >= 11 is 0. The number of aryl methyl sites for hydroxylation is 1. The number of nitrogens with zero attached hydrogens (tertiary/aromatic N) is 1. The van der Waals surface area contributed by atoms with Gasteiger partial charge in [-0.2, -0.15) is 0 Å². The maximum Gasteiger partial charge on any atom is 0.253 e. The van der Waals surface area contributed by atoms with Crippen molar-refractivity contribution in [2.75, 3.05) is 24.7 Å². The van der Waals surface area contributed by atoms with Crippen LogP contribution in [-0.4, -0.2) is 25.7 Å². The van der Waals surface area contributed by atoms with Gasteiger partial charge in [0, 0.05) is 12.2 Å². The molecule has 0 N–H and O–H groups in total. The van der Waals surface area contributed by atoms with E-state index >= 15 is 0 Å². The molecule has 0 radical (unpaired) electrons. The summed E-state index contributed by atoms with van der Waals surface area (Å²) in [6.07, 6.45) is 0. The second-order valence-corrected chi connectivity index (χ2v) is 3.43. The first kappa shape index (κ1) is 11.7. The minimum absolute atomic E-state index is 0. The van der Waals surface area contributed by atoms with Crippen molar-refractivity contribution in [3.05, 3.63) is 29.8 Å². The van der Waals surface area contributed by atoms with Gasteiger partial charge in [0.05, 0.1) is 6.61 Å². The quantitative estimate of drug-likeness (QED) is 0.705. The molecule has 82 valence electrons. The maximum atomic E-state index is 11.5. The largest absolute Gasteiger partial charge is 0.370 e. The standard InChI is InChI=1S/C11H13NO2.CH4/c1-9-2-4-10(5-3-9)12-6-7-14-8-11(12)13;/h2-5H,6-8H2,1H3;1H4. The van der Waals surface area contributed by atoms with E-state index in [2.05, 4.69) is 0 Å². The number of ether oxygens (including phenoxy) is 1. The van der Waals surface area contributed by atoms with E-state index in [0.29, 0.717) is 13.2 Å². The van der Waals surface area contributed by atoms with Crippen molar-refractivity contribution in [3.8, 4) is 0 Å². The van der Waals surface area contributed by atoms with Crippen LogP contribution in [0.25, 0.3) is 0 Å². The third kappa shape index (κ3) is 2.57. The van der Waals surface area contributed by atoms with Crippen LogP contribution in [0.2, 0.25) is 0 Å². The molecular weight excluding hydrogens is 190 g/mol. The highest BCUT2D eigenvalue weighted by molar-refractivity contribution is 5.94. The smallest absolute Gasteiger partial charge is 0.253 e. The summed E-state index contributed by atoms with van der Waals surface area (Å²) in [6.45, 7) is 3.51. The lowest BCUT2D eigenvalue weighted by molar-refractivity contribution is -0.125. The van der Waals surface area contributed by atoms with Gasteiger partial charge in [0.15, 0.2) is 0 Å². The van der Waals surface area contributed by atoms with E-state index in [0.717, 1.165) is 5.69 Å². The highest BCUT2D eigenvalue weighted by Gasteiger charge is 2.19. The number of amides is 1. The number of hydrogen-bond donors (Lipinski definition) is 0. The van der Waals surface area contributed by atoms with Gasteiger partial charge in [-0.25, -0.2) is 0 Å². The van der Waals surface area contributed by atoms with E-state index in [1.54, 1.807) is 4.90 Å². The SMILES string of the molecule is C.Cc1ccc(N2CCOCC2=O)cc1. The molecule has 2 rings (SSSR count). The van der Waals surface area contributed by atoms with Gasteiger partial charge < -0.3 is 9.64 Å². The molecule has 0 aromatic heterocycles. The lowest BCUT2D eigenvalue weighted by Gasteiger charge is -2.26. The van der Waals surface area contributed by atoms with Gasteiger partial charge >= 0.3 is 0 Å². The lowest BCUT2D eigenvalue weighted by Crippen LogP contribution is -2.41. The molecule has 1 amide bonds. The number of morpholine rings is 1. The summed E-state index contributed by atoms with van der Waals surface area (Å²) in [6, 6.07) is 7.97. The molecule has 0 saturated carbocycles. The lowest BCUT2D eigenvalue weighted by atomic mass is 10.2. The minimum Gasteiger partial charge on any atom is -0.370 e. The van der Waals surface area contributed by atoms with Gasteiger partial charge in [0.2, 0.25) is 0 Å². The topological polar surface area (TPSA) is 29.5 Å². The van der Waals surface area contributed by atoms with Crippen LogP contribution in [-0.2, 0) is 9.53 Å². The summed E-state index contributed by atoms with van der Waals surface area (Å²) in [5.74, 6) is 0.0418. The fraction of sp³-hybridized carbons (Fsp3) is 0.417. The highest BCUT2D eigenvalue weighted by Crippen LogP contribution is 2.16. The van der Waals surface area contributed by atoms with Crippen molar-refractivity contribution in [2.45, 2.75) is 14.4 Å². The summed E-state index contributed by atoms with van der Waals surface area (Å²) in [5.41, 5.74) is 2.17. The predicted octanol–water partition coefficient (Wildman–Crippen LogP) is 1.99. The van der Waals surface area contributed by atoms with Gasteiger partial charge in [-0.15, -0.1) is 0 Å². The number of rotatable bonds is 1. The van der Waals surface area contributed by atoms with Crippen LogP contribution in [0.15, 0.2) is 24.3 Å². The fourth-order valence-corrected chi connectivity index (χ4v) is 1.52. The average Bonchev–Trinajstić information content (AvgIpc) is 2.20. The number of carbonyl (C=O) groups is 1. The third-order valence-electron chi connectivity index (χ3n) is 2.33. The Bertz CT molecular complexity index is 332. The Labute approximate surface area is 90.7 Å². The molecule has 1 saturated heterocycles. The monoisotopic (exact) mass is 207 g/mol. The molecule has 1 aromatic carbocycles. The predicted molar refractivity (Wildman–Crippen MR) is 61.1 cm³/mol. The molecule has 1 aliphatic heterocycles. The van der Waals surface area contributed by atoms with Crippen LogP contribution in [0, 0.1) is 6.92 Å². The Balaban J connectivity index is 0.00000112. The Morgan fingerprint density at radius 1 is 1.27 bits per heavy atom. The molecule has 15 heavy (non-hydrogen) atoms. The van der Waals surface area contributed by atoms with Crippen molar-refractivity contribution in [1.82, 2.24) is 0 Å². The van der Waals surface area contributed by atoms with Gasteiger partial charge in [-0.05, 0) is 19.1 Å². The summed E-state index contributed by atoms with van der Waals surface area (Å²) in [4.78, 5) is 13.2. The number of hydrogen-bond acceptors (Lipinski definition) is 2. The molecular formula is C12H17NO2. The van der Waals surface area contributed by atoms with Crippen LogP contribution in [0.5, 0.6) is 0 Å². The van der Waals surface area contributed by atoms with E-state index in [1.165, 1.54) is 5.56 Å². The second kappa shape index (κ2) is 4.94. The maximum absolute atomic E-state index is 11.5. The van der Waals surface area contributed by atoms with Crippen LogP contribution < -0.4 is 4.90 Å². The van der Waals surface area contributed by atoms with Crippen molar-refractivity contribution >= 4 is 11.6 Å². The van der Waals surface area contributed by atoms with E-state index in [1.807, 2.05) is 31.2 Å². The average molecular weight is 207 g/mol. The molecule has 3 heteroatoms. The Hall–Kier alpha value is -1.35. The number of anilines is 1. The number of benzene rings is 1. The van der Waals surface area contributed by atoms with Gasteiger partial charge in [0.25, 0.3) is 5.91 Å². The van der Waals surface area contributed by atoms with E-state index in [9.17, 15) is 4.79 Å². The van der Waals surface area contributed by atoms with Crippen molar-refractivity contribution in [1.29, 1.82) is 0 Å². The summed E-state index contributed by atoms with van der Waals surface area (Å²) in [7, 11) is 0. The zero-order chi connectivity index (χ0) is 9.97. The first-order valence-corrected chi connectivity index (χ1v) is 4.72. The van der Waals surface area contributed by atoms with Crippen molar-refractivity contribution < 1.29 is 9.53 Å². The van der Waals surface area contributed by atoms with E-state index < -0.39 is 0 Å². The number of carbonyl (C=O) groups excluding carboxylic acids is 1. The zero-order valence-corrected chi connectivity index (χ0v) is 8.19. The van der Waals surface area contributed by atoms with E-state index in [4.69, 9.17) is 4.74 Å². The summed E-state index contributed by atoms with van der Waals surface area (Å²) in [5, 5.41) is 0. The Kier molecular flexibility index (Phi) is 3.86. The molecule has 0 spiro atoms. The molecule has 1 aliphatic rings.